The minimum Gasteiger partial charge on any atom is -0.473 e. The number of nitrogens with one attached hydrogen (secondary N) is 1. The highest BCUT2D eigenvalue weighted by Gasteiger charge is 2.32. The molecule has 0 atom stereocenters. The summed E-state index contributed by atoms with van der Waals surface area (Å²) in [6, 6.07) is 10.5. The van der Waals surface area contributed by atoms with Gasteiger partial charge in [0.2, 0.25) is 5.88 Å². The third-order valence-corrected chi connectivity index (χ3v) is 5.90. The summed E-state index contributed by atoms with van der Waals surface area (Å²) in [5.41, 5.74) is 3.86. The smallest absolute Gasteiger partial charge is 0.240 e. The number of nitrogens with zero attached hydrogens (tertiary/aromatic N) is 4. The first-order chi connectivity index (χ1) is 13.8. The van der Waals surface area contributed by atoms with Crippen LogP contribution in [0.5, 0.6) is 5.88 Å². The minimum absolute atomic E-state index is 0.129. The SMILES string of the molecule is Cc1cnccc1-c1nccnc1O[C@H]1C[C@H](Nc2nc3ccccc3s2)C1. The van der Waals surface area contributed by atoms with E-state index in [0.29, 0.717) is 11.9 Å². The van der Waals surface area contributed by atoms with Gasteiger partial charge < -0.3 is 10.1 Å². The molecule has 1 N–H and O–H groups in total. The van der Waals surface area contributed by atoms with Crippen LogP contribution < -0.4 is 10.1 Å². The fourth-order valence-corrected chi connectivity index (χ4v) is 4.32. The highest BCUT2D eigenvalue weighted by Crippen LogP contribution is 2.34. The second-order valence-electron chi connectivity index (χ2n) is 6.94. The summed E-state index contributed by atoms with van der Waals surface area (Å²) in [6.07, 6.45) is 8.93. The summed E-state index contributed by atoms with van der Waals surface area (Å²) < 4.78 is 7.37. The first-order valence-corrected chi connectivity index (χ1v) is 10.1. The molecule has 0 aliphatic heterocycles. The van der Waals surface area contributed by atoms with Crippen molar-refractivity contribution in [1.29, 1.82) is 0 Å². The van der Waals surface area contributed by atoms with E-state index in [1.54, 1.807) is 29.9 Å². The van der Waals surface area contributed by atoms with Crippen molar-refractivity contribution in [3.8, 4) is 17.1 Å². The van der Waals surface area contributed by atoms with Gasteiger partial charge in [0, 0.05) is 49.2 Å². The summed E-state index contributed by atoms with van der Waals surface area (Å²) >= 11 is 1.69. The van der Waals surface area contributed by atoms with Gasteiger partial charge in [-0.15, -0.1) is 0 Å². The number of rotatable bonds is 5. The van der Waals surface area contributed by atoms with Crippen molar-refractivity contribution < 1.29 is 4.74 Å². The van der Waals surface area contributed by atoms with E-state index in [0.717, 1.165) is 40.3 Å². The zero-order chi connectivity index (χ0) is 18.9. The van der Waals surface area contributed by atoms with Gasteiger partial charge in [0.15, 0.2) is 5.13 Å². The maximum atomic E-state index is 6.17. The molecule has 140 valence electrons. The molecule has 1 aliphatic carbocycles. The van der Waals surface area contributed by atoms with Gasteiger partial charge in [-0.25, -0.2) is 15.0 Å². The van der Waals surface area contributed by atoms with E-state index in [9.17, 15) is 0 Å². The van der Waals surface area contributed by atoms with E-state index in [2.05, 4.69) is 31.3 Å². The molecule has 0 spiro atoms. The zero-order valence-electron chi connectivity index (χ0n) is 15.4. The summed E-state index contributed by atoms with van der Waals surface area (Å²) in [5, 5.41) is 4.49. The molecular weight excluding hydrogens is 370 g/mol. The van der Waals surface area contributed by atoms with Crippen molar-refractivity contribution >= 4 is 26.7 Å². The predicted octanol–water partition coefficient (Wildman–Crippen LogP) is 4.48. The van der Waals surface area contributed by atoms with Gasteiger partial charge in [-0.3, -0.25) is 4.98 Å². The second kappa shape index (κ2) is 7.16. The fraction of sp³-hybridized carbons (Fsp3) is 0.238. The Labute approximate surface area is 166 Å². The number of benzene rings is 1. The minimum atomic E-state index is 0.129. The van der Waals surface area contributed by atoms with Crippen LogP contribution in [0.15, 0.2) is 55.1 Å². The van der Waals surface area contributed by atoms with Crippen molar-refractivity contribution in [3.05, 3.63) is 60.7 Å². The Hall–Kier alpha value is -3.06. The van der Waals surface area contributed by atoms with E-state index in [1.165, 1.54) is 4.70 Å². The van der Waals surface area contributed by atoms with E-state index < -0.39 is 0 Å². The largest absolute Gasteiger partial charge is 0.473 e. The highest BCUT2D eigenvalue weighted by molar-refractivity contribution is 7.22. The molecule has 3 heterocycles. The molecule has 1 aromatic carbocycles. The maximum Gasteiger partial charge on any atom is 0.240 e. The molecule has 0 radical (unpaired) electrons. The highest BCUT2D eigenvalue weighted by atomic mass is 32.1. The van der Waals surface area contributed by atoms with Gasteiger partial charge in [0.1, 0.15) is 11.8 Å². The zero-order valence-corrected chi connectivity index (χ0v) is 16.2. The quantitative estimate of drug-likeness (QED) is 0.543. The van der Waals surface area contributed by atoms with Crippen molar-refractivity contribution in [2.24, 2.45) is 0 Å². The number of ether oxygens (including phenoxy) is 1. The van der Waals surface area contributed by atoms with E-state index in [4.69, 9.17) is 4.74 Å². The Kier molecular flexibility index (Phi) is 4.37. The standard InChI is InChI=1S/C21H19N5OS/c1-13-12-22-7-6-16(13)19-20(24-9-8-23-19)27-15-10-14(11-15)25-21-26-17-4-2-3-5-18(17)28-21/h2-9,12,14-15H,10-11H2,1H3,(H,25,26)/t14-,15-. The van der Waals surface area contributed by atoms with Crippen LogP contribution in [0.25, 0.3) is 21.5 Å². The Morgan fingerprint density at radius 1 is 1.07 bits per heavy atom. The first-order valence-electron chi connectivity index (χ1n) is 9.27. The lowest BCUT2D eigenvalue weighted by molar-refractivity contribution is 0.103. The molecule has 1 saturated carbocycles. The monoisotopic (exact) mass is 389 g/mol. The Bertz CT molecular complexity index is 1090. The third kappa shape index (κ3) is 3.29. The van der Waals surface area contributed by atoms with Gasteiger partial charge in [-0.2, -0.15) is 0 Å². The summed E-state index contributed by atoms with van der Waals surface area (Å²) in [5.74, 6) is 0.584. The lowest BCUT2D eigenvalue weighted by Crippen LogP contribution is -2.42. The van der Waals surface area contributed by atoms with Gasteiger partial charge in [-0.05, 0) is 30.7 Å². The maximum absolute atomic E-state index is 6.17. The van der Waals surface area contributed by atoms with E-state index >= 15 is 0 Å². The van der Waals surface area contributed by atoms with Crippen LogP contribution in [0, 0.1) is 6.92 Å². The van der Waals surface area contributed by atoms with Crippen LogP contribution in [0.4, 0.5) is 5.13 Å². The number of aromatic nitrogens is 4. The lowest BCUT2D eigenvalue weighted by atomic mass is 9.89. The molecule has 3 aromatic heterocycles. The summed E-state index contributed by atoms with van der Waals surface area (Å²) in [7, 11) is 0. The summed E-state index contributed by atoms with van der Waals surface area (Å²) in [6.45, 7) is 2.02. The van der Waals surface area contributed by atoms with Gasteiger partial charge in [0.25, 0.3) is 0 Å². The molecular formula is C21H19N5OS. The van der Waals surface area contributed by atoms with Crippen molar-refractivity contribution in [2.75, 3.05) is 5.32 Å². The number of anilines is 1. The molecule has 1 aliphatic rings. The van der Waals surface area contributed by atoms with Crippen molar-refractivity contribution in [1.82, 2.24) is 19.9 Å². The van der Waals surface area contributed by atoms with Crippen LogP contribution >= 0.6 is 11.3 Å². The molecule has 28 heavy (non-hydrogen) atoms. The first kappa shape index (κ1) is 17.1. The second-order valence-corrected chi connectivity index (χ2v) is 7.97. The lowest BCUT2D eigenvalue weighted by Gasteiger charge is -2.35. The molecule has 7 heteroatoms. The predicted molar refractivity (Wildman–Crippen MR) is 111 cm³/mol. The molecule has 5 rings (SSSR count). The number of hydrogen-bond donors (Lipinski definition) is 1. The average molecular weight is 389 g/mol. The van der Waals surface area contributed by atoms with Crippen LogP contribution in [0.3, 0.4) is 0 Å². The van der Waals surface area contributed by atoms with E-state index in [-0.39, 0.29) is 6.10 Å². The normalized spacial score (nSPS) is 18.6. The van der Waals surface area contributed by atoms with Crippen molar-refractivity contribution in [3.63, 3.8) is 0 Å². The summed E-state index contributed by atoms with van der Waals surface area (Å²) in [4.78, 5) is 17.7. The number of fused-ring (bicyclic) bond motifs is 1. The Balaban J connectivity index is 1.25. The number of aryl methyl sites for hydroxylation is 1. The molecule has 0 saturated heterocycles. The van der Waals surface area contributed by atoms with Crippen LogP contribution in [-0.2, 0) is 0 Å². The number of thiazole rings is 1. The van der Waals surface area contributed by atoms with Crippen LogP contribution in [0.2, 0.25) is 0 Å². The Morgan fingerprint density at radius 2 is 1.93 bits per heavy atom. The Morgan fingerprint density at radius 3 is 2.79 bits per heavy atom. The number of hydrogen-bond acceptors (Lipinski definition) is 7. The van der Waals surface area contributed by atoms with Gasteiger partial charge in [0.05, 0.1) is 10.2 Å². The molecule has 4 aromatic rings. The number of pyridine rings is 1. The van der Waals surface area contributed by atoms with Crippen LogP contribution in [0.1, 0.15) is 18.4 Å². The fourth-order valence-electron chi connectivity index (χ4n) is 3.38. The average Bonchev–Trinajstić information content (AvgIpc) is 3.10. The topological polar surface area (TPSA) is 72.8 Å². The van der Waals surface area contributed by atoms with E-state index in [1.807, 2.05) is 37.4 Å². The van der Waals surface area contributed by atoms with Gasteiger partial charge in [-0.1, -0.05) is 23.5 Å². The molecule has 0 bridgehead atoms. The molecule has 0 amide bonds. The molecule has 6 nitrogen and oxygen atoms in total. The third-order valence-electron chi connectivity index (χ3n) is 4.93. The van der Waals surface area contributed by atoms with Gasteiger partial charge >= 0.3 is 0 Å². The van der Waals surface area contributed by atoms with Crippen molar-refractivity contribution in [2.45, 2.75) is 31.9 Å². The molecule has 1 fully saturated rings. The number of para-hydroxylation sites is 1. The van der Waals surface area contributed by atoms with Crippen LogP contribution in [-0.4, -0.2) is 32.1 Å². The molecule has 0 unspecified atom stereocenters.